The molecule has 2 nitrogen and oxygen atoms in total. The Morgan fingerprint density at radius 2 is 1.64 bits per heavy atom. The number of ketones is 1. The highest BCUT2D eigenvalue weighted by Crippen LogP contribution is 2.55. The van der Waals surface area contributed by atoms with Crippen LogP contribution in [0, 0.1) is 5.82 Å². The fourth-order valence-electron chi connectivity index (χ4n) is 2.54. The van der Waals surface area contributed by atoms with Gasteiger partial charge in [-0.25, -0.2) is 13.2 Å². The maximum absolute atomic E-state index is 13.7. The Bertz CT molecular complexity index is 862. The van der Waals surface area contributed by atoms with Crippen LogP contribution in [0.3, 0.4) is 0 Å². The minimum atomic E-state index is -5.14. The van der Waals surface area contributed by atoms with Gasteiger partial charge in [0.15, 0.2) is 0 Å². The van der Waals surface area contributed by atoms with Crippen molar-refractivity contribution in [2.75, 3.05) is 0 Å². The molecule has 1 aliphatic carbocycles. The van der Waals surface area contributed by atoms with Crippen LogP contribution < -0.4 is 4.74 Å². The molecule has 0 spiro atoms. The van der Waals surface area contributed by atoms with Crippen molar-refractivity contribution in [3.05, 3.63) is 58.9 Å². The fraction of sp³-hybridized carbons (Fsp3) is 0.188. The Morgan fingerprint density at radius 3 is 2.24 bits per heavy atom. The predicted molar refractivity (Wildman–Crippen MR) is 71.0 cm³/mol. The number of Topliss-reactive ketones (excluding diaryl/α,β-unsaturated/α-hetero) is 1. The smallest absolute Gasteiger partial charge is 0.376 e. The van der Waals surface area contributed by atoms with Crippen molar-refractivity contribution in [2.45, 2.75) is 18.3 Å². The van der Waals surface area contributed by atoms with Gasteiger partial charge in [0.25, 0.3) is 6.43 Å². The van der Waals surface area contributed by atoms with Crippen LogP contribution in [0.5, 0.6) is 11.5 Å². The zero-order valence-electron chi connectivity index (χ0n) is 12.0. The van der Waals surface area contributed by atoms with Gasteiger partial charge in [-0.15, -0.1) is 0 Å². The number of carbonyl (C=O) groups is 1. The number of halogens is 7. The highest BCUT2D eigenvalue weighted by atomic mass is 19.3. The Kier molecular flexibility index (Phi) is 3.77. The molecule has 25 heavy (non-hydrogen) atoms. The van der Waals surface area contributed by atoms with E-state index in [-0.39, 0.29) is 5.75 Å². The van der Waals surface area contributed by atoms with Gasteiger partial charge in [-0.1, -0.05) is 6.07 Å². The van der Waals surface area contributed by atoms with Gasteiger partial charge in [-0.3, -0.25) is 4.79 Å². The molecule has 0 radical (unpaired) electrons. The molecule has 0 fully saturated rings. The zero-order valence-corrected chi connectivity index (χ0v) is 12.0. The average Bonchev–Trinajstić information content (AvgIpc) is 2.65. The lowest BCUT2D eigenvalue weighted by molar-refractivity contribution is -0.176. The molecule has 3 rings (SSSR count). The van der Waals surface area contributed by atoms with Crippen LogP contribution in [0.25, 0.3) is 0 Å². The summed E-state index contributed by atoms with van der Waals surface area (Å²) < 4.78 is 99.3. The van der Waals surface area contributed by atoms with E-state index < -0.39 is 52.3 Å². The molecule has 0 N–H and O–H groups in total. The molecular formula is C16H7F7O2. The van der Waals surface area contributed by atoms with E-state index in [2.05, 4.69) is 0 Å². The quantitative estimate of drug-likeness (QED) is 0.675. The summed E-state index contributed by atoms with van der Waals surface area (Å²) in [6.07, 6.45) is -3.55. The number of hydrogen-bond donors (Lipinski definition) is 0. The molecule has 0 saturated carbocycles. The summed E-state index contributed by atoms with van der Waals surface area (Å²) in [5.74, 6) is -14.3. The van der Waals surface area contributed by atoms with Crippen LogP contribution >= 0.6 is 0 Å². The lowest BCUT2D eigenvalue weighted by Crippen LogP contribution is -2.38. The van der Waals surface area contributed by atoms with E-state index in [1.807, 2.05) is 0 Å². The first-order valence-electron chi connectivity index (χ1n) is 6.76. The number of alkyl halides is 6. The van der Waals surface area contributed by atoms with Crippen molar-refractivity contribution >= 4 is 5.78 Å². The third-order valence-corrected chi connectivity index (χ3v) is 3.69. The molecule has 0 aromatic heterocycles. The molecule has 132 valence electrons. The molecule has 2 aromatic carbocycles. The van der Waals surface area contributed by atoms with Gasteiger partial charge in [0.05, 0.1) is 5.56 Å². The van der Waals surface area contributed by atoms with Crippen LogP contribution in [0.4, 0.5) is 30.7 Å². The van der Waals surface area contributed by atoms with Gasteiger partial charge in [-0.2, -0.15) is 17.6 Å². The summed E-state index contributed by atoms with van der Waals surface area (Å²) >= 11 is 0. The van der Waals surface area contributed by atoms with Crippen LogP contribution in [0.1, 0.15) is 27.9 Å². The van der Waals surface area contributed by atoms with Gasteiger partial charge in [0.1, 0.15) is 17.3 Å². The topological polar surface area (TPSA) is 26.3 Å². The van der Waals surface area contributed by atoms with Gasteiger partial charge in [-0.05, 0) is 24.3 Å². The highest BCUT2D eigenvalue weighted by molar-refractivity contribution is 6.08. The van der Waals surface area contributed by atoms with Gasteiger partial charge >= 0.3 is 11.8 Å². The summed E-state index contributed by atoms with van der Waals surface area (Å²) in [5, 5.41) is 0. The predicted octanol–water partition coefficient (Wildman–Crippen LogP) is 5.48. The van der Waals surface area contributed by atoms with Crippen molar-refractivity contribution in [1.82, 2.24) is 0 Å². The van der Waals surface area contributed by atoms with E-state index >= 15 is 0 Å². The lowest BCUT2D eigenvalue weighted by Gasteiger charge is -2.17. The number of benzene rings is 2. The first-order valence-corrected chi connectivity index (χ1v) is 6.76. The van der Waals surface area contributed by atoms with Crippen LogP contribution in [0.2, 0.25) is 0 Å². The Morgan fingerprint density at radius 1 is 0.960 bits per heavy atom. The molecule has 0 unspecified atom stereocenters. The molecule has 0 atom stereocenters. The van der Waals surface area contributed by atoms with Crippen molar-refractivity contribution in [2.24, 2.45) is 0 Å². The molecular weight excluding hydrogens is 357 g/mol. The van der Waals surface area contributed by atoms with Crippen molar-refractivity contribution in [3.8, 4) is 11.5 Å². The Hall–Kier alpha value is -2.58. The molecule has 2 aromatic rings. The standard InChI is InChI=1S/C16H7F7O2/c17-7-2-1-3-8(6-7)25-10-5-4-9-11(12(10)14(18)19)13(24)16(22,23)15(9,20)21/h1-6,14H. The SMILES string of the molecule is O=C1c2c(ccc(Oc3cccc(F)c3)c2C(F)F)C(F)(F)C1(F)F. The van der Waals surface area contributed by atoms with E-state index in [1.54, 1.807) is 0 Å². The third kappa shape index (κ3) is 2.45. The van der Waals surface area contributed by atoms with E-state index in [4.69, 9.17) is 4.74 Å². The van der Waals surface area contributed by atoms with E-state index in [1.165, 1.54) is 12.1 Å². The fourth-order valence-corrected chi connectivity index (χ4v) is 2.54. The molecule has 1 aliphatic rings. The summed E-state index contributed by atoms with van der Waals surface area (Å²) in [5.41, 5.74) is -4.35. The summed E-state index contributed by atoms with van der Waals surface area (Å²) in [4.78, 5) is 11.6. The van der Waals surface area contributed by atoms with Crippen molar-refractivity contribution in [3.63, 3.8) is 0 Å². The van der Waals surface area contributed by atoms with Crippen LogP contribution in [-0.4, -0.2) is 11.7 Å². The Labute approximate surface area is 135 Å². The minimum absolute atomic E-state index is 0.272. The number of fused-ring (bicyclic) bond motifs is 1. The summed E-state index contributed by atoms with van der Waals surface area (Å²) in [6.45, 7) is 0. The molecule has 0 aliphatic heterocycles. The minimum Gasteiger partial charge on any atom is -0.457 e. The van der Waals surface area contributed by atoms with E-state index in [9.17, 15) is 35.5 Å². The highest BCUT2D eigenvalue weighted by Gasteiger charge is 2.70. The molecule has 0 saturated heterocycles. The van der Waals surface area contributed by atoms with Gasteiger partial charge in [0.2, 0.25) is 5.78 Å². The molecule has 0 bridgehead atoms. The van der Waals surface area contributed by atoms with Crippen molar-refractivity contribution in [1.29, 1.82) is 0 Å². The van der Waals surface area contributed by atoms with Crippen LogP contribution in [0.15, 0.2) is 36.4 Å². The first kappa shape index (κ1) is 17.2. The van der Waals surface area contributed by atoms with Crippen LogP contribution in [-0.2, 0) is 5.92 Å². The van der Waals surface area contributed by atoms with E-state index in [0.29, 0.717) is 12.1 Å². The van der Waals surface area contributed by atoms with Gasteiger partial charge < -0.3 is 4.74 Å². The molecule has 9 heteroatoms. The average molecular weight is 364 g/mol. The maximum atomic E-state index is 13.7. The molecule has 0 heterocycles. The maximum Gasteiger partial charge on any atom is 0.376 e. The van der Waals surface area contributed by atoms with E-state index in [0.717, 1.165) is 12.1 Å². The second kappa shape index (κ2) is 5.47. The summed E-state index contributed by atoms with van der Waals surface area (Å²) in [6, 6.07) is 5.26. The monoisotopic (exact) mass is 364 g/mol. The second-order valence-corrected chi connectivity index (χ2v) is 5.24. The lowest BCUT2D eigenvalue weighted by atomic mass is 10.0. The first-order chi connectivity index (χ1) is 11.6. The summed E-state index contributed by atoms with van der Waals surface area (Å²) in [7, 11) is 0. The third-order valence-electron chi connectivity index (χ3n) is 3.69. The Balaban J connectivity index is 2.19. The normalized spacial score (nSPS) is 17.7. The number of rotatable bonds is 3. The largest absolute Gasteiger partial charge is 0.457 e. The zero-order chi connectivity index (χ0) is 18.6. The second-order valence-electron chi connectivity index (χ2n) is 5.24. The molecule has 0 amide bonds. The number of hydrogen-bond acceptors (Lipinski definition) is 2. The number of ether oxygens (including phenoxy) is 1. The van der Waals surface area contributed by atoms with Gasteiger partial charge in [0, 0.05) is 17.2 Å². The number of carbonyl (C=O) groups excluding carboxylic acids is 1. The van der Waals surface area contributed by atoms with Crippen molar-refractivity contribution < 1.29 is 40.3 Å².